The highest BCUT2D eigenvalue weighted by molar-refractivity contribution is 5.27. The molecule has 0 saturated heterocycles. The van der Waals surface area contributed by atoms with Crippen LogP contribution >= 0.6 is 0 Å². The molecule has 16 heavy (non-hydrogen) atoms. The fraction of sp³-hybridized carbons (Fsp3) is 0.250. The van der Waals surface area contributed by atoms with Crippen molar-refractivity contribution in [2.75, 3.05) is 0 Å². The fourth-order valence-corrected chi connectivity index (χ4v) is 1.40. The Labute approximate surface area is 89.5 Å². The van der Waals surface area contributed by atoms with E-state index in [1.54, 1.807) is 13.2 Å². The van der Waals surface area contributed by atoms with E-state index in [1.165, 1.54) is 26.9 Å². The number of imidazole rings is 2. The quantitative estimate of drug-likeness (QED) is 0.521. The summed E-state index contributed by atoms with van der Waals surface area (Å²) < 4.78 is 3.86. The highest BCUT2D eigenvalue weighted by Crippen LogP contribution is 2.13. The van der Waals surface area contributed by atoms with Crippen molar-refractivity contribution < 1.29 is 4.92 Å². The summed E-state index contributed by atoms with van der Waals surface area (Å²) in [4.78, 5) is 25.5. The largest absolute Gasteiger partial charge is 0.358 e. The van der Waals surface area contributed by atoms with Crippen molar-refractivity contribution in [1.82, 2.24) is 18.7 Å². The molecular formula is C8H9N5O3. The predicted octanol–water partition coefficient (Wildman–Crippen LogP) is -0.182. The molecule has 2 aromatic rings. The molecule has 0 aliphatic carbocycles. The Balaban J connectivity index is 2.62. The zero-order valence-electron chi connectivity index (χ0n) is 8.69. The highest BCUT2D eigenvalue weighted by Gasteiger charge is 2.19. The maximum atomic E-state index is 11.6. The standard InChI is InChI=1S/C8H9N5O3/c1-10-3-4-12(8(10)14)7-9-5-6(11(7)2)13(15)16/h3-5H,1-2H3. The first-order valence-electron chi connectivity index (χ1n) is 4.43. The van der Waals surface area contributed by atoms with Crippen molar-refractivity contribution in [3.05, 3.63) is 39.2 Å². The van der Waals surface area contributed by atoms with E-state index in [9.17, 15) is 14.9 Å². The van der Waals surface area contributed by atoms with E-state index < -0.39 is 4.92 Å². The van der Waals surface area contributed by atoms with E-state index in [2.05, 4.69) is 4.98 Å². The first kappa shape index (κ1) is 10.1. The van der Waals surface area contributed by atoms with Gasteiger partial charge in [0.2, 0.25) is 0 Å². The Morgan fingerprint density at radius 3 is 2.50 bits per heavy atom. The van der Waals surface area contributed by atoms with Crippen LogP contribution in [0.15, 0.2) is 23.4 Å². The lowest BCUT2D eigenvalue weighted by molar-refractivity contribution is -0.391. The number of hydrogen-bond acceptors (Lipinski definition) is 4. The monoisotopic (exact) mass is 223 g/mol. The third-order valence-electron chi connectivity index (χ3n) is 2.29. The van der Waals surface area contributed by atoms with E-state index in [0.717, 1.165) is 6.20 Å². The average molecular weight is 223 g/mol. The van der Waals surface area contributed by atoms with Crippen LogP contribution in [-0.4, -0.2) is 23.6 Å². The number of aromatic nitrogens is 4. The van der Waals surface area contributed by atoms with Gasteiger partial charge in [0.1, 0.15) is 6.20 Å². The molecule has 0 saturated carbocycles. The Hall–Kier alpha value is -2.38. The Kier molecular flexibility index (Phi) is 2.11. The molecule has 0 aromatic carbocycles. The van der Waals surface area contributed by atoms with Gasteiger partial charge < -0.3 is 14.7 Å². The van der Waals surface area contributed by atoms with Crippen molar-refractivity contribution in [3.63, 3.8) is 0 Å². The van der Waals surface area contributed by atoms with Crippen LogP contribution in [0.3, 0.4) is 0 Å². The van der Waals surface area contributed by atoms with Crippen molar-refractivity contribution in [1.29, 1.82) is 0 Å². The van der Waals surface area contributed by atoms with Gasteiger partial charge in [0.25, 0.3) is 0 Å². The minimum absolute atomic E-state index is 0.161. The van der Waals surface area contributed by atoms with Crippen LogP contribution in [0.4, 0.5) is 5.82 Å². The number of nitro groups is 1. The van der Waals surface area contributed by atoms with Crippen molar-refractivity contribution in [3.8, 4) is 5.95 Å². The second-order valence-electron chi connectivity index (χ2n) is 3.29. The van der Waals surface area contributed by atoms with Crippen LogP contribution in [0.5, 0.6) is 0 Å². The van der Waals surface area contributed by atoms with Gasteiger partial charge in [0, 0.05) is 19.4 Å². The van der Waals surface area contributed by atoms with E-state index >= 15 is 0 Å². The molecule has 0 bridgehead atoms. The van der Waals surface area contributed by atoms with Gasteiger partial charge >= 0.3 is 17.5 Å². The molecule has 0 atom stereocenters. The van der Waals surface area contributed by atoms with Crippen LogP contribution in [-0.2, 0) is 14.1 Å². The zero-order chi connectivity index (χ0) is 11.9. The molecule has 0 aliphatic heterocycles. The molecule has 0 spiro atoms. The Morgan fingerprint density at radius 1 is 1.38 bits per heavy atom. The molecular weight excluding hydrogens is 214 g/mol. The number of rotatable bonds is 2. The molecule has 2 rings (SSSR count). The molecule has 0 aliphatic rings. The first-order valence-corrected chi connectivity index (χ1v) is 4.43. The maximum Gasteiger partial charge on any atom is 0.344 e. The van der Waals surface area contributed by atoms with Gasteiger partial charge in [0.15, 0.2) is 0 Å². The van der Waals surface area contributed by atoms with E-state index in [0.29, 0.717) is 0 Å². The summed E-state index contributed by atoms with van der Waals surface area (Å²) in [6, 6.07) is 0. The lowest BCUT2D eigenvalue weighted by Crippen LogP contribution is -2.22. The maximum absolute atomic E-state index is 11.6. The van der Waals surface area contributed by atoms with Gasteiger partial charge in [-0.15, -0.1) is 0 Å². The molecule has 0 radical (unpaired) electrons. The topological polar surface area (TPSA) is 87.9 Å². The van der Waals surface area contributed by atoms with Gasteiger partial charge in [-0.25, -0.2) is 9.36 Å². The molecule has 8 heteroatoms. The SMILES string of the molecule is Cn1c([N+](=O)[O-])cnc1-n1ccn(C)c1=O. The molecule has 0 unspecified atom stereocenters. The molecule has 8 nitrogen and oxygen atoms in total. The van der Waals surface area contributed by atoms with E-state index in [4.69, 9.17) is 0 Å². The molecule has 2 heterocycles. The summed E-state index contributed by atoms with van der Waals surface area (Å²) in [5.41, 5.74) is -0.302. The Morgan fingerprint density at radius 2 is 2.06 bits per heavy atom. The fourth-order valence-electron chi connectivity index (χ4n) is 1.40. The van der Waals surface area contributed by atoms with Gasteiger partial charge in [-0.3, -0.25) is 0 Å². The van der Waals surface area contributed by atoms with Gasteiger partial charge in [0.05, 0.1) is 7.05 Å². The normalized spacial score (nSPS) is 10.6. The summed E-state index contributed by atoms with van der Waals surface area (Å²) in [5.74, 6) is 0.0584. The highest BCUT2D eigenvalue weighted by atomic mass is 16.6. The van der Waals surface area contributed by atoms with Gasteiger partial charge in [-0.2, -0.15) is 9.55 Å². The lowest BCUT2D eigenvalue weighted by Gasteiger charge is -1.97. The predicted molar refractivity (Wildman–Crippen MR) is 54.4 cm³/mol. The zero-order valence-corrected chi connectivity index (χ0v) is 8.69. The van der Waals surface area contributed by atoms with Gasteiger partial charge in [-0.1, -0.05) is 0 Å². The molecule has 84 valence electrons. The summed E-state index contributed by atoms with van der Waals surface area (Å²) in [6.45, 7) is 0. The van der Waals surface area contributed by atoms with Crippen LogP contribution in [0, 0.1) is 10.1 Å². The second-order valence-corrected chi connectivity index (χ2v) is 3.29. The molecule has 0 fully saturated rings. The second kappa shape index (κ2) is 3.33. The summed E-state index contributed by atoms with van der Waals surface area (Å²) >= 11 is 0. The number of hydrogen-bond donors (Lipinski definition) is 0. The van der Waals surface area contributed by atoms with Crippen LogP contribution in [0.25, 0.3) is 5.95 Å². The van der Waals surface area contributed by atoms with Crippen molar-refractivity contribution in [2.24, 2.45) is 14.1 Å². The Bertz CT molecular complexity index is 605. The van der Waals surface area contributed by atoms with Crippen molar-refractivity contribution >= 4 is 5.82 Å². The van der Waals surface area contributed by atoms with Gasteiger partial charge in [-0.05, 0) is 4.92 Å². The third-order valence-corrected chi connectivity index (χ3v) is 2.29. The number of nitrogens with zero attached hydrogens (tertiary/aromatic N) is 5. The lowest BCUT2D eigenvalue weighted by atomic mass is 10.7. The minimum atomic E-state index is -0.551. The molecule has 0 N–H and O–H groups in total. The summed E-state index contributed by atoms with van der Waals surface area (Å²) in [7, 11) is 3.08. The van der Waals surface area contributed by atoms with Crippen LogP contribution in [0.1, 0.15) is 0 Å². The van der Waals surface area contributed by atoms with Crippen LogP contribution in [0.2, 0.25) is 0 Å². The molecule has 0 amide bonds. The number of aryl methyl sites for hydroxylation is 1. The summed E-state index contributed by atoms with van der Waals surface area (Å²) in [5, 5.41) is 10.6. The summed E-state index contributed by atoms with van der Waals surface area (Å²) in [6.07, 6.45) is 4.19. The van der Waals surface area contributed by atoms with E-state index in [1.807, 2.05) is 0 Å². The molecule has 2 aromatic heterocycles. The van der Waals surface area contributed by atoms with Crippen molar-refractivity contribution in [2.45, 2.75) is 0 Å². The van der Waals surface area contributed by atoms with E-state index in [-0.39, 0.29) is 17.5 Å². The third kappa shape index (κ3) is 1.31. The smallest absolute Gasteiger partial charge is 0.344 e. The average Bonchev–Trinajstić information content (AvgIpc) is 2.73. The minimum Gasteiger partial charge on any atom is -0.358 e. The van der Waals surface area contributed by atoms with Crippen LogP contribution < -0.4 is 5.69 Å². The first-order chi connectivity index (χ1) is 7.52.